The number of hydrogen-bond donors (Lipinski definition) is 1. The maximum absolute atomic E-state index is 6.21. The summed E-state index contributed by atoms with van der Waals surface area (Å²) in [6.07, 6.45) is 1.82. The van der Waals surface area contributed by atoms with E-state index in [2.05, 4.69) is 29.2 Å². The Balaban J connectivity index is 1.93. The van der Waals surface area contributed by atoms with Gasteiger partial charge >= 0.3 is 0 Å². The van der Waals surface area contributed by atoms with E-state index in [1.165, 1.54) is 0 Å². The lowest BCUT2D eigenvalue weighted by molar-refractivity contribution is 0.871. The van der Waals surface area contributed by atoms with E-state index in [1.807, 2.05) is 18.3 Å². The predicted octanol–water partition coefficient (Wildman–Crippen LogP) is 5.43. The van der Waals surface area contributed by atoms with Gasteiger partial charge in [0.25, 0.3) is 0 Å². The number of halogens is 3. The van der Waals surface area contributed by atoms with Gasteiger partial charge in [-0.05, 0) is 23.6 Å². The number of hydrogen-bond acceptors (Lipinski definition) is 3. The fourth-order valence-electron chi connectivity index (χ4n) is 2.33. The summed E-state index contributed by atoms with van der Waals surface area (Å²) in [4.78, 5) is 4.38. The van der Waals surface area contributed by atoms with Gasteiger partial charge in [-0.2, -0.15) is 9.61 Å². The summed E-state index contributed by atoms with van der Waals surface area (Å²) in [6, 6.07) is 7.17. The largest absolute Gasteiger partial charge is 0.366 e. The first-order valence-corrected chi connectivity index (χ1v) is 8.31. The second kappa shape index (κ2) is 6.56. The SMILES string of the molecule is CC(C)c1cnn2c(NCc3ccc(Cl)cc3Cl)cc(Cl)nc12. The van der Waals surface area contributed by atoms with Crippen molar-refractivity contribution in [3.05, 3.63) is 56.8 Å². The van der Waals surface area contributed by atoms with Gasteiger partial charge in [0, 0.05) is 28.2 Å². The van der Waals surface area contributed by atoms with E-state index >= 15 is 0 Å². The molecule has 0 bridgehead atoms. The zero-order chi connectivity index (χ0) is 16.6. The van der Waals surface area contributed by atoms with Gasteiger partial charge in [0.05, 0.1) is 6.20 Å². The Morgan fingerprint density at radius 2 is 1.96 bits per heavy atom. The molecule has 0 fully saturated rings. The molecular weight excluding hydrogens is 355 g/mol. The van der Waals surface area contributed by atoms with Gasteiger partial charge in [0.15, 0.2) is 5.65 Å². The molecule has 0 aliphatic heterocycles. The molecule has 2 heterocycles. The minimum atomic E-state index is 0.317. The van der Waals surface area contributed by atoms with Gasteiger partial charge in [-0.1, -0.05) is 54.7 Å². The molecule has 7 heteroatoms. The molecule has 0 spiro atoms. The molecule has 120 valence electrons. The number of rotatable bonds is 4. The molecule has 2 aromatic heterocycles. The second-order valence-corrected chi connectivity index (χ2v) is 6.77. The number of nitrogens with zero attached hydrogens (tertiary/aromatic N) is 3. The summed E-state index contributed by atoms with van der Waals surface area (Å²) in [5.74, 6) is 1.08. The highest BCUT2D eigenvalue weighted by molar-refractivity contribution is 6.35. The van der Waals surface area contributed by atoms with Crippen LogP contribution in [-0.4, -0.2) is 14.6 Å². The van der Waals surface area contributed by atoms with Crippen molar-refractivity contribution in [2.75, 3.05) is 5.32 Å². The normalized spacial score (nSPS) is 11.4. The summed E-state index contributed by atoms with van der Waals surface area (Å²) in [5, 5.41) is 9.36. The quantitative estimate of drug-likeness (QED) is 0.624. The summed E-state index contributed by atoms with van der Waals surface area (Å²) in [5.41, 5.74) is 2.76. The number of anilines is 1. The minimum absolute atomic E-state index is 0.317. The highest BCUT2D eigenvalue weighted by atomic mass is 35.5. The van der Waals surface area contributed by atoms with Crippen LogP contribution in [0.15, 0.2) is 30.5 Å². The topological polar surface area (TPSA) is 42.2 Å². The molecule has 3 rings (SSSR count). The Kier molecular flexibility index (Phi) is 4.67. The minimum Gasteiger partial charge on any atom is -0.366 e. The third-order valence-electron chi connectivity index (χ3n) is 3.56. The molecule has 23 heavy (non-hydrogen) atoms. The van der Waals surface area contributed by atoms with Crippen LogP contribution in [0.25, 0.3) is 5.65 Å². The van der Waals surface area contributed by atoms with Crippen LogP contribution in [0.4, 0.5) is 5.82 Å². The lowest BCUT2D eigenvalue weighted by Gasteiger charge is -2.11. The second-order valence-electron chi connectivity index (χ2n) is 5.54. The molecule has 0 aliphatic rings. The van der Waals surface area contributed by atoms with Crippen molar-refractivity contribution in [2.45, 2.75) is 26.3 Å². The van der Waals surface area contributed by atoms with Gasteiger partial charge in [-0.15, -0.1) is 0 Å². The maximum Gasteiger partial charge on any atom is 0.162 e. The van der Waals surface area contributed by atoms with Crippen LogP contribution in [0.5, 0.6) is 0 Å². The fraction of sp³-hybridized carbons (Fsp3) is 0.250. The maximum atomic E-state index is 6.21. The summed E-state index contributed by atoms with van der Waals surface area (Å²) < 4.78 is 1.75. The standard InChI is InChI=1S/C16H15Cl3N4/c1-9(2)12-8-21-23-15(6-14(19)22-16(12)23)20-7-10-3-4-11(17)5-13(10)18/h3-6,8-9,20H,7H2,1-2H3. The van der Waals surface area contributed by atoms with Crippen LogP contribution < -0.4 is 5.32 Å². The Hall–Kier alpha value is -1.49. The van der Waals surface area contributed by atoms with Crippen LogP contribution in [0, 0.1) is 0 Å². The zero-order valence-corrected chi connectivity index (χ0v) is 14.9. The Bertz CT molecular complexity index is 858. The molecule has 0 radical (unpaired) electrons. The molecule has 3 aromatic rings. The Morgan fingerprint density at radius 3 is 2.65 bits per heavy atom. The molecule has 0 atom stereocenters. The van der Waals surface area contributed by atoms with E-state index in [1.54, 1.807) is 16.6 Å². The summed E-state index contributed by atoms with van der Waals surface area (Å²) in [6.45, 7) is 4.72. The van der Waals surface area contributed by atoms with Crippen molar-refractivity contribution in [3.8, 4) is 0 Å². The van der Waals surface area contributed by atoms with Crippen molar-refractivity contribution < 1.29 is 0 Å². The Morgan fingerprint density at radius 1 is 1.17 bits per heavy atom. The first-order chi connectivity index (χ1) is 11.0. The molecule has 0 aliphatic carbocycles. The Labute approximate surface area is 149 Å². The lowest BCUT2D eigenvalue weighted by atomic mass is 10.1. The van der Waals surface area contributed by atoms with Gasteiger partial charge in [0.2, 0.25) is 0 Å². The van der Waals surface area contributed by atoms with Gasteiger partial charge in [-0.3, -0.25) is 0 Å². The smallest absolute Gasteiger partial charge is 0.162 e. The molecule has 1 aromatic carbocycles. The molecule has 0 saturated carbocycles. The van der Waals surface area contributed by atoms with Crippen molar-refractivity contribution in [2.24, 2.45) is 0 Å². The van der Waals surface area contributed by atoms with E-state index in [0.717, 1.165) is 22.6 Å². The number of benzene rings is 1. The average molecular weight is 370 g/mol. The molecular formula is C16H15Cl3N4. The van der Waals surface area contributed by atoms with E-state index in [4.69, 9.17) is 34.8 Å². The number of nitrogens with one attached hydrogen (secondary N) is 1. The van der Waals surface area contributed by atoms with Crippen molar-refractivity contribution in [1.82, 2.24) is 14.6 Å². The van der Waals surface area contributed by atoms with Crippen LogP contribution in [0.1, 0.15) is 30.9 Å². The van der Waals surface area contributed by atoms with Gasteiger partial charge in [0.1, 0.15) is 11.0 Å². The monoisotopic (exact) mass is 368 g/mol. The summed E-state index contributed by atoms with van der Waals surface area (Å²) in [7, 11) is 0. The van der Waals surface area contributed by atoms with Crippen molar-refractivity contribution >= 4 is 46.3 Å². The van der Waals surface area contributed by atoms with E-state index in [9.17, 15) is 0 Å². The predicted molar refractivity (Wildman–Crippen MR) is 95.9 cm³/mol. The molecule has 0 amide bonds. The van der Waals surface area contributed by atoms with Crippen LogP contribution in [-0.2, 0) is 6.54 Å². The third-order valence-corrected chi connectivity index (χ3v) is 4.35. The fourth-order valence-corrected chi connectivity index (χ4v) is 2.99. The molecule has 1 N–H and O–H groups in total. The first-order valence-electron chi connectivity index (χ1n) is 7.17. The van der Waals surface area contributed by atoms with Crippen molar-refractivity contribution in [3.63, 3.8) is 0 Å². The van der Waals surface area contributed by atoms with Crippen LogP contribution in [0.3, 0.4) is 0 Å². The van der Waals surface area contributed by atoms with E-state index < -0.39 is 0 Å². The van der Waals surface area contributed by atoms with Crippen LogP contribution in [0.2, 0.25) is 15.2 Å². The van der Waals surface area contributed by atoms with E-state index in [-0.39, 0.29) is 0 Å². The van der Waals surface area contributed by atoms with Gasteiger partial charge in [-0.25, -0.2) is 4.98 Å². The third kappa shape index (κ3) is 3.39. The highest BCUT2D eigenvalue weighted by Crippen LogP contribution is 2.25. The molecule has 0 unspecified atom stereocenters. The first kappa shape index (κ1) is 16.4. The highest BCUT2D eigenvalue weighted by Gasteiger charge is 2.13. The van der Waals surface area contributed by atoms with Crippen LogP contribution >= 0.6 is 34.8 Å². The average Bonchev–Trinajstić information content (AvgIpc) is 2.90. The van der Waals surface area contributed by atoms with E-state index in [0.29, 0.717) is 27.7 Å². The molecule has 0 saturated heterocycles. The number of fused-ring (bicyclic) bond motifs is 1. The number of aromatic nitrogens is 3. The molecule has 4 nitrogen and oxygen atoms in total. The lowest BCUT2D eigenvalue weighted by Crippen LogP contribution is -2.06. The van der Waals surface area contributed by atoms with Crippen molar-refractivity contribution in [1.29, 1.82) is 0 Å². The summed E-state index contributed by atoms with van der Waals surface area (Å²) >= 11 is 18.3. The zero-order valence-electron chi connectivity index (χ0n) is 12.6. The van der Waals surface area contributed by atoms with Gasteiger partial charge < -0.3 is 5.32 Å².